The summed E-state index contributed by atoms with van der Waals surface area (Å²) >= 11 is 0. The molecule has 15 heavy (non-hydrogen) atoms. The molecule has 0 radical (unpaired) electrons. The van der Waals surface area contributed by atoms with Crippen LogP contribution in [0.5, 0.6) is 5.75 Å². The van der Waals surface area contributed by atoms with E-state index in [1.165, 1.54) is 6.07 Å². The van der Waals surface area contributed by atoms with Gasteiger partial charge in [0.1, 0.15) is 0 Å². The first-order valence-electron chi connectivity index (χ1n) is 5.06. The van der Waals surface area contributed by atoms with Gasteiger partial charge in [-0.3, -0.25) is 0 Å². The third-order valence-electron chi connectivity index (χ3n) is 2.05. The second-order valence-electron chi connectivity index (χ2n) is 3.21. The molecule has 3 heteroatoms. The molecule has 0 unspecified atom stereocenters. The van der Waals surface area contributed by atoms with Gasteiger partial charge in [-0.05, 0) is 37.5 Å². The van der Waals surface area contributed by atoms with Crippen LogP contribution >= 0.6 is 0 Å². The van der Waals surface area contributed by atoms with Crippen molar-refractivity contribution in [3.8, 4) is 11.8 Å². The van der Waals surface area contributed by atoms with Crippen molar-refractivity contribution >= 4 is 0 Å². The van der Waals surface area contributed by atoms with E-state index in [1.807, 2.05) is 13.0 Å². The van der Waals surface area contributed by atoms with Crippen LogP contribution in [0, 0.1) is 17.1 Å². The van der Waals surface area contributed by atoms with Gasteiger partial charge in [0.15, 0.2) is 11.6 Å². The minimum absolute atomic E-state index is 0.293. The molecule has 0 aliphatic heterocycles. The number of benzene rings is 1. The molecule has 0 aliphatic rings. The summed E-state index contributed by atoms with van der Waals surface area (Å²) in [4.78, 5) is 0. The SMILES string of the molecule is CCOc1ccc(CCCC#N)cc1F. The van der Waals surface area contributed by atoms with E-state index in [0.29, 0.717) is 18.8 Å². The Balaban J connectivity index is 2.61. The van der Waals surface area contributed by atoms with E-state index >= 15 is 0 Å². The maximum atomic E-state index is 13.4. The van der Waals surface area contributed by atoms with Crippen LogP contribution in [0.3, 0.4) is 0 Å². The molecule has 0 N–H and O–H groups in total. The van der Waals surface area contributed by atoms with E-state index in [2.05, 4.69) is 6.07 Å². The lowest BCUT2D eigenvalue weighted by Crippen LogP contribution is -1.95. The zero-order valence-corrected chi connectivity index (χ0v) is 8.79. The largest absolute Gasteiger partial charge is 0.491 e. The van der Waals surface area contributed by atoms with Gasteiger partial charge in [0, 0.05) is 6.42 Å². The van der Waals surface area contributed by atoms with Crippen LogP contribution in [0.2, 0.25) is 0 Å². The van der Waals surface area contributed by atoms with Crippen LogP contribution in [-0.4, -0.2) is 6.61 Å². The summed E-state index contributed by atoms with van der Waals surface area (Å²) < 4.78 is 18.4. The lowest BCUT2D eigenvalue weighted by Gasteiger charge is -2.06. The van der Waals surface area contributed by atoms with E-state index in [1.54, 1.807) is 6.07 Å². The Hall–Kier alpha value is -1.56. The fourth-order valence-electron chi connectivity index (χ4n) is 1.34. The molecule has 0 saturated carbocycles. The summed E-state index contributed by atoms with van der Waals surface area (Å²) in [7, 11) is 0. The zero-order chi connectivity index (χ0) is 11.1. The Morgan fingerprint density at radius 2 is 2.27 bits per heavy atom. The number of halogens is 1. The van der Waals surface area contributed by atoms with Crippen molar-refractivity contribution in [1.82, 2.24) is 0 Å². The highest BCUT2D eigenvalue weighted by Crippen LogP contribution is 2.19. The predicted octanol–water partition coefficient (Wildman–Crippen LogP) is 3.07. The van der Waals surface area contributed by atoms with Crippen molar-refractivity contribution < 1.29 is 9.13 Å². The number of ether oxygens (including phenoxy) is 1. The molecule has 0 aliphatic carbocycles. The number of aryl methyl sites for hydroxylation is 1. The molecule has 0 fully saturated rings. The number of hydrogen-bond acceptors (Lipinski definition) is 2. The molecule has 0 amide bonds. The minimum Gasteiger partial charge on any atom is -0.491 e. The highest BCUT2D eigenvalue weighted by atomic mass is 19.1. The van der Waals surface area contributed by atoms with Crippen LogP contribution < -0.4 is 4.74 Å². The van der Waals surface area contributed by atoms with Crippen molar-refractivity contribution in [2.45, 2.75) is 26.2 Å². The summed E-state index contributed by atoms with van der Waals surface area (Å²) in [5.41, 5.74) is 0.909. The van der Waals surface area contributed by atoms with Gasteiger partial charge in [-0.15, -0.1) is 0 Å². The highest BCUT2D eigenvalue weighted by molar-refractivity contribution is 5.29. The van der Waals surface area contributed by atoms with Gasteiger partial charge < -0.3 is 4.74 Å². The molecule has 0 atom stereocenters. The van der Waals surface area contributed by atoms with Crippen LogP contribution in [0.15, 0.2) is 18.2 Å². The number of unbranched alkanes of at least 4 members (excludes halogenated alkanes) is 1. The molecule has 1 aromatic carbocycles. The molecular formula is C12H14FNO. The smallest absolute Gasteiger partial charge is 0.165 e. The number of nitrogens with zero attached hydrogens (tertiary/aromatic N) is 1. The Labute approximate surface area is 89.3 Å². The van der Waals surface area contributed by atoms with Gasteiger partial charge >= 0.3 is 0 Å². The van der Waals surface area contributed by atoms with E-state index in [4.69, 9.17) is 10.00 Å². The van der Waals surface area contributed by atoms with Crippen molar-refractivity contribution in [3.63, 3.8) is 0 Å². The van der Waals surface area contributed by atoms with Crippen LogP contribution in [0.4, 0.5) is 4.39 Å². The Bertz CT molecular complexity index is 357. The van der Waals surface area contributed by atoms with Crippen molar-refractivity contribution in [2.75, 3.05) is 6.61 Å². The monoisotopic (exact) mass is 207 g/mol. The van der Waals surface area contributed by atoms with Crippen molar-refractivity contribution in [1.29, 1.82) is 5.26 Å². The highest BCUT2D eigenvalue weighted by Gasteiger charge is 2.03. The number of nitriles is 1. The summed E-state index contributed by atoms with van der Waals surface area (Å²) in [6, 6.07) is 7.02. The Morgan fingerprint density at radius 1 is 1.47 bits per heavy atom. The summed E-state index contributed by atoms with van der Waals surface area (Å²) in [6.45, 7) is 2.28. The summed E-state index contributed by atoms with van der Waals surface area (Å²) in [5.74, 6) is -0.0344. The molecule has 1 aromatic rings. The van der Waals surface area contributed by atoms with Gasteiger partial charge in [-0.1, -0.05) is 6.07 Å². The molecular weight excluding hydrogens is 193 g/mol. The van der Waals surface area contributed by atoms with Gasteiger partial charge in [0.05, 0.1) is 12.7 Å². The third-order valence-corrected chi connectivity index (χ3v) is 2.05. The molecule has 80 valence electrons. The third kappa shape index (κ3) is 3.59. The standard InChI is InChI=1S/C12H14FNO/c1-2-15-12-7-6-10(9-11(12)13)5-3-4-8-14/h6-7,9H,2-5H2,1H3. The van der Waals surface area contributed by atoms with Gasteiger partial charge in [0.2, 0.25) is 0 Å². The molecule has 1 rings (SSSR count). The Kier molecular flexibility index (Phi) is 4.62. The fraction of sp³-hybridized carbons (Fsp3) is 0.417. The van der Waals surface area contributed by atoms with Crippen molar-refractivity contribution in [2.24, 2.45) is 0 Å². The Morgan fingerprint density at radius 3 is 2.87 bits per heavy atom. The fourth-order valence-corrected chi connectivity index (χ4v) is 1.34. The van der Waals surface area contributed by atoms with Crippen LogP contribution in [0.1, 0.15) is 25.3 Å². The molecule has 0 bridgehead atoms. The van der Waals surface area contributed by atoms with Crippen LogP contribution in [0.25, 0.3) is 0 Å². The van der Waals surface area contributed by atoms with Gasteiger partial charge in [-0.2, -0.15) is 5.26 Å². The van der Waals surface area contributed by atoms with E-state index in [0.717, 1.165) is 18.4 Å². The van der Waals surface area contributed by atoms with E-state index < -0.39 is 0 Å². The number of hydrogen-bond donors (Lipinski definition) is 0. The molecule has 0 aromatic heterocycles. The van der Waals surface area contributed by atoms with E-state index in [-0.39, 0.29) is 5.82 Å². The topological polar surface area (TPSA) is 33.0 Å². The average molecular weight is 207 g/mol. The maximum Gasteiger partial charge on any atom is 0.165 e. The summed E-state index contributed by atoms with van der Waals surface area (Å²) in [5, 5.41) is 8.37. The first-order valence-corrected chi connectivity index (χ1v) is 5.06. The first-order chi connectivity index (χ1) is 7.27. The molecule has 0 spiro atoms. The zero-order valence-electron chi connectivity index (χ0n) is 8.79. The minimum atomic E-state index is -0.327. The maximum absolute atomic E-state index is 13.4. The second-order valence-corrected chi connectivity index (χ2v) is 3.21. The summed E-state index contributed by atoms with van der Waals surface area (Å²) in [6.07, 6.45) is 2.01. The molecule has 0 heterocycles. The van der Waals surface area contributed by atoms with Crippen molar-refractivity contribution in [3.05, 3.63) is 29.6 Å². The molecule has 2 nitrogen and oxygen atoms in total. The first kappa shape index (κ1) is 11.5. The number of rotatable bonds is 5. The molecule has 0 saturated heterocycles. The van der Waals surface area contributed by atoms with E-state index in [9.17, 15) is 4.39 Å². The predicted molar refractivity (Wildman–Crippen MR) is 56.1 cm³/mol. The van der Waals surface area contributed by atoms with Gasteiger partial charge in [0.25, 0.3) is 0 Å². The lowest BCUT2D eigenvalue weighted by molar-refractivity contribution is 0.321. The second kappa shape index (κ2) is 6.02. The average Bonchev–Trinajstić information content (AvgIpc) is 2.23. The lowest BCUT2D eigenvalue weighted by atomic mass is 10.1. The van der Waals surface area contributed by atoms with Gasteiger partial charge in [-0.25, -0.2) is 4.39 Å². The normalized spacial score (nSPS) is 9.67. The quantitative estimate of drug-likeness (QED) is 0.695. The van der Waals surface area contributed by atoms with Crippen LogP contribution in [-0.2, 0) is 6.42 Å².